The highest BCUT2D eigenvalue weighted by atomic mass is 32.2. The van der Waals surface area contributed by atoms with Gasteiger partial charge in [-0.15, -0.1) is 0 Å². The summed E-state index contributed by atoms with van der Waals surface area (Å²) in [7, 11) is 0. The second-order valence-electron chi connectivity index (χ2n) is 8.52. The molecule has 2 aliphatic rings. The monoisotopic (exact) mass is 427 g/mol. The van der Waals surface area contributed by atoms with Crippen molar-refractivity contribution in [2.75, 3.05) is 38.5 Å². The average Bonchev–Trinajstić information content (AvgIpc) is 2.79. The first-order chi connectivity index (χ1) is 14.7. The van der Waals surface area contributed by atoms with Gasteiger partial charge in [0.05, 0.1) is 0 Å². The Hall–Kier alpha value is -1.79. The Morgan fingerprint density at radius 2 is 1.87 bits per heavy atom. The molecule has 0 saturated carbocycles. The summed E-state index contributed by atoms with van der Waals surface area (Å²) in [5, 5.41) is 1.04. The van der Waals surface area contributed by atoms with Gasteiger partial charge < -0.3 is 9.88 Å². The molecule has 1 aromatic carbocycles. The van der Waals surface area contributed by atoms with E-state index in [9.17, 15) is 9.59 Å². The number of rotatable bonds is 7. The predicted octanol–water partition coefficient (Wildman–Crippen LogP) is 4.05. The topological polar surface area (TPSA) is 56.4 Å². The number of hydrogen-bond donors (Lipinski definition) is 1. The molecule has 1 aromatic heterocycles. The summed E-state index contributed by atoms with van der Waals surface area (Å²) >= 11 is 1.80. The van der Waals surface area contributed by atoms with E-state index >= 15 is 0 Å². The minimum Gasteiger partial charge on any atom is -0.336 e. The molecule has 4 rings (SSSR count). The van der Waals surface area contributed by atoms with Crippen LogP contribution in [-0.4, -0.2) is 59.2 Å². The molecule has 2 aromatic rings. The van der Waals surface area contributed by atoms with Gasteiger partial charge in [-0.2, -0.15) is 11.8 Å². The van der Waals surface area contributed by atoms with Crippen molar-refractivity contribution in [2.45, 2.75) is 51.2 Å². The summed E-state index contributed by atoms with van der Waals surface area (Å²) in [5.74, 6) is 1.91. The lowest BCUT2D eigenvalue weighted by Crippen LogP contribution is -2.48. The maximum absolute atomic E-state index is 13.1. The third-order valence-electron chi connectivity index (χ3n) is 6.46. The van der Waals surface area contributed by atoms with E-state index in [0.29, 0.717) is 0 Å². The second-order valence-corrected chi connectivity index (χ2v) is 9.63. The average molecular weight is 428 g/mol. The van der Waals surface area contributed by atoms with Crippen LogP contribution in [0.2, 0.25) is 0 Å². The number of carbonyl (C=O) groups excluding carboxylic acids is 1. The predicted molar refractivity (Wildman–Crippen MR) is 126 cm³/mol. The molecule has 6 heteroatoms. The highest BCUT2D eigenvalue weighted by Crippen LogP contribution is 2.28. The lowest BCUT2D eigenvalue weighted by Gasteiger charge is -2.34. The van der Waals surface area contributed by atoms with Gasteiger partial charge in [0.2, 0.25) is 0 Å². The summed E-state index contributed by atoms with van der Waals surface area (Å²) < 4.78 is 0. The standard InChI is InChI=1S/C24H33N3O2S/c1-2-3-4-5-6-10-26-11-13-27(14-12-26)24(29)18-7-8-22-20(16-18)19-9-15-30-17-21(19)23(28)25-22/h7-8,16H,2-6,9-15,17H2,1H3,(H,25,28). The Bertz CT molecular complexity index is 947. The molecule has 0 aliphatic carbocycles. The van der Waals surface area contributed by atoms with Crippen LogP contribution >= 0.6 is 11.8 Å². The number of carbonyl (C=O) groups is 1. The van der Waals surface area contributed by atoms with Gasteiger partial charge >= 0.3 is 0 Å². The molecule has 3 heterocycles. The summed E-state index contributed by atoms with van der Waals surface area (Å²) in [4.78, 5) is 33.0. The third-order valence-corrected chi connectivity index (χ3v) is 7.44. The minimum atomic E-state index is 0.0228. The fourth-order valence-corrected chi connectivity index (χ4v) is 5.62. The van der Waals surface area contributed by atoms with Crippen LogP contribution in [0.15, 0.2) is 23.0 Å². The smallest absolute Gasteiger partial charge is 0.253 e. The molecule has 0 spiro atoms. The van der Waals surface area contributed by atoms with Gasteiger partial charge in [-0.25, -0.2) is 0 Å². The van der Waals surface area contributed by atoms with Crippen molar-refractivity contribution in [2.24, 2.45) is 0 Å². The minimum absolute atomic E-state index is 0.0228. The number of aromatic amines is 1. The van der Waals surface area contributed by atoms with Gasteiger partial charge in [0, 0.05) is 54.0 Å². The van der Waals surface area contributed by atoms with Crippen molar-refractivity contribution in [1.82, 2.24) is 14.8 Å². The molecule has 1 N–H and O–H groups in total. The van der Waals surface area contributed by atoms with Crippen LogP contribution in [-0.2, 0) is 12.2 Å². The fraction of sp³-hybridized carbons (Fsp3) is 0.583. The van der Waals surface area contributed by atoms with Gasteiger partial charge in [0.1, 0.15) is 0 Å². The molecule has 162 valence electrons. The SMILES string of the molecule is CCCCCCCN1CCN(C(=O)c2ccc3[nH]c(=O)c4c(c3c2)CCSC4)CC1. The number of nitrogens with one attached hydrogen (secondary N) is 1. The van der Waals surface area contributed by atoms with E-state index in [2.05, 4.69) is 16.8 Å². The van der Waals surface area contributed by atoms with E-state index in [1.807, 2.05) is 23.1 Å². The molecule has 5 nitrogen and oxygen atoms in total. The number of fused-ring (bicyclic) bond motifs is 3. The first-order valence-corrected chi connectivity index (χ1v) is 12.6. The van der Waals surface area contributed by atoms with Crippen LogP contribution in [0.1, 0.15) is 60.5 Å². The molecule has 0 atom stereocenters. The third kappa shape index (κ3) is 4.75. The van der Waals surface area contributed by atoms with Crippen LogP contribution in [0.4, 0.5) is 0 Å². The van der Waals surface area contributed by atoms with Crippen molar-refractivity contribution < 1.29 is 4.79 Å². The van der Waals surface area contributed by atoms with E-state index in [-0.39, 0.29) is 11.5 Å². The Kier molecular flexibility index (Phi) is 7.16. The van der Waals surface area contributed by atoms with E-state index < -0.39 is 0 Å². The molecule has 0 bridgehead atoms. The summed E-state index contributed by atoms with van der Waals surface area (Å²) in [6.45, 7) is 6.93. The number of unbranched alkanes of at least 4 members (excludes halogenated alkanes) is 4. The summed E-state index contributed by atoms with van der Waals surface area (Å²) in [6.07, 6.45) is 7.44. The zero-order valence-electron chi connectivity index (χ0n) is 18.0. The van der Waals surface area contributed by atoms with E-state index in [1.54, 1.807) is 11.8 Å². The molecule has 1 saturated heterocycles. The number of aryl methyl sites for hydroxylation is 1. The highest BCUT2D eigenvalue weighted by molar-refractivity contribution is 7.98. The van der Waals surface area contributed by atoms with Gasteiger partial charge in [-0.05, 0) is 48.9 Å². The number of benzene rings is 1. The van der Waals surface area contributed by atoms with E-state index in [0.717, 1.165) is 78.2 Å². The van der Waals surface area contributed by atoms with Crippen LogP contribution < -0.4 is 5.56 Å². The van der Waals surface area contributed by atoms with Crippen molar-refractivity contribution in [3.8, 4) is 0 Å². The largest absolute Gasteiger partial charge is 0.336 e. The second kappa shape index (κ2) is 10.0. The van der Waals surface area contributed by atoms with Crippen molar-refractivity contribution in [3.05, 3.63) is 45.2 Å². The van der Waals surface area contributed by atoms with Crippen LogP contribution in [0.25, 0.3) is 10.9 Å². The van der Waals surface area contributed by atoms with Gasteiger partial charge in [0.25, 0.3) is 11.5 Å². The number of thioether (sulfide) groups is 1. The van der Waals surface area contributed by atoms with Gasteiger partial charge in [-0.3, -0.25) is 14.5 Å². The Morgan fingerprint density at radius 1 is 1.07 bits per heavy atom. The Morgan fingerprint density at radius 3 is 2.67 bits per heavy atom. The number of hydrogen-bond acceptors (Lipinski definition) is 4. The molecule has 1 fully saturated rings. The number of H-pyrrole nitrogens is 1. The van der Waals surface area contributed by atoms with Crippen molar-refractivity contribution in [1.29, 1.82) is 0 Å². The zero-order chi connectivity index (χ0) is 20.9. The first kappa shape index (κ1) is 21.4. The lowest BCUT2D eigenvalue weighted by atomic mass is 9.99. The molecular formula is C24H33N3O2S. The number of amides is 1. The summed E-state index contributed by atoms with van der Waals surface area (Å²) in [5.41, 5.74) is 3.62. The Labute approximate surface area is 183 Å². The van der Waals surface area contributed by atoms with Crippen LogP contribution in [0.3, 0.4) is 0 Å². The number of nitrogens with zero attached hydrogens (tertiary/aromatic N) is 2. The highest BCUT2D eigenvalue weighted by Gasteiger charge is 2.23. The van der Waals surface area contributed by atoms with Gasteiger partial charge in [-0.1, -0.05) is 32.6 Å². The number of aromatic nitrogens is 1. The van der Waals surface area contributed by atoms with Gasteiger partial charge in [0.15, 0.2) is 0 Å². The molecule has 2 aliphatic heterocycles. The Balaban J connectivity index is 1.40. The molecular weight excluding hydrogens is 394 g/mol. The fourth-order valence-electron chi connectivity index (χ4n) is 4.62. The molecule has 0 unspecified atom stereocenters. The number of pyridine rings is 1. The maximum Gasteiger partial charge on any atom is 0.253 e. The van der Waals surface area contributed by atoms with E-state index in [4.69, 9.17) is 0 Å². The van der Waals surface area contributed by atoms with Crippen LogP contribution in [0.5, 0.6) is 0 Å². The summed E-state index contributed by atoms with van der Waals surface area (Å²) in [6, 6.07) is 5.77. The lowest BCUT2D eigenvalue weighted by molar-refractivity contribution is 0.0635. The van der Waals surface area contributed by atoms with Crippen molar-refractivity contribution in [3.63, 3.8) is 0 Å². The quantitative estimate of drug-likeness (QED) is 0.678. The number of piperazine rings is 1. The zero-order valence-corrected chi connectivity index (χ0v) is 18.9. The first-order valence-electron chi connectivity index (χ1n) is 11.4. The van der Waals surface area contributed by atoms with E-state index in [1.165, 1.54) is 32.1 Å². The molecule has 1 amide bonds. The molecule has 30 heavy (non-hydrogen) atoms. The normalized spacial score (nSPS) is 17.3. The van der Waals surface area contributed by atoms with Crippen molar-refractivity contribution >= 4 is 28.6 Å². The molecule has 0 radical (unpaired) electrons. The maximum atomic E-state index is 13.1. The van der Waals surface area contributed by atoms with Crippen LogP contribution in [0, 0.1) is 0 Å².